The second kappa shape index (κ2) is 9.88. The minimum absolute atomic E-state index is 0.0722. The van der Waals surface area contributed by atoms with Crippen molar-refractivity contribution in [1.29, 1.82) is 0 Å². The van der Waals surface area contributed by atoms with Crippen molar-refractivity contribution in [3.63, 3.8) is 0 Å². The lowest BCUT2D eigenvalue weighted by molar-refractivity contribution is 0.0954. The molecule has 1 aromatic heterocycles. The van der Waals surface area contributed by atoms with Crippen LogP contribution in [0.3, 0.4) is 0 Å². The van der Waals surface area contributed by atoms with Crippen LogP contribution in [-0.2, 0) is 16.4 Å². The number of pyridine rings is 1. The number of amides is 3. The molecule has 3 amide bonds. The van der Waals surface area contributed by atoms with Gasteiger partial charge in [0.1, 0.15) is 10.6 Å². The number of hydrogen-bond acceptors (Lipinski definition) is 7. The molecule has 0 aliphatic rings. The molecule has 0 atom stereocenters. The Bertz CT molecular complexity index is 1260. The number of thiol groups is 1. The van der Waals surface area contributed by atoms with Gasteiger partial charge in [-0.1, -0.05) is 24.3 Å². The van der Waals surface area contributed by atoms with Gasteiger partial charge in [0.2, 0.25) is 0 Å². The molecule has 0 radical (unpaired) electrons. The lowest BCUT2D eigenvalue weighted by atomic mass is 10.1. The zero-order valence-corrected chi connectivity index (χ0v) is 19.1. The van der Waals surface area contributed by atoms with Crippen molar-refractivity contribution in [2.45, 2.75) is 11.3 Å². The van der Waals surface area contributed by atoms with Gasteiger partial charge < -0.3 is 15.4 Å². The van der Waals surface area contributed by atoms with Gasteiger partial charge in [0.05, 0.1) is 18.2 Å². The summed E-state index contributed by atoms with van der Waals surface area (Å²) in [5.41, 5.74) is 1.85. The highest BCUT2D eigenvalue weighted by Crippen LogP contribution is 2.29. The third kappa shape index (κ3) is 4.94. The lowest BCUT2D eigenvalue weighted by Crippen LogP contribution is -2.35. The molecule has 3 rings (SSSR count). The Morgan fingerprint density at radius 1 is 1.16 bits per heavy atom. The van der Waals surface area contributed by atoms with Crippen LogP contribution in [0.5, 0.6) is 5.75 Å². The monoisotopic (exact) mass is 474 g/mol. The minimum atomic E-state index is -4.26. The van der Waals surface area contributed by atoms with E-state index in [2.05, 4.69) is 28.4 Å². The maximum absolute atomic E-state index is 12.8. The highest BCUT2D eigenvalue weighted by Gasteiger charge is 2.29. The topological polar surface area (TPSA) is 118 Å². The number of aromatic nitrogens is 1. The number of nitrogens with one attached hydrogen (secondary N) is 2. The van der Waals surface area contributed by atoms with E-state index >= 15 is 0 Å². The van der Waals surface area contributed by atoms with Gasteiger partial charge in [-0.15, -0.1) is 0 Å². The zero-order chi connectivity index (χ0) is 23.3. The minimum Gasteiger partial charge on any atom is -0.495 e. The van der Waals surface area contributed by atoms with Crippen molar-refractivity contribution < 1.29 is 22.7 Å². The fraction of sp³-hybridized carbons (Fsp3) is 0.190. The Morgan fingerprint density at radius 2 is 1.91 bits per heavy atom. The van der Waals surface area contributed by atoms with Crippen molar-refractivity contribution >= 4 is 45.7 Å². The summed E-state index contributed by atoms with van der Waals surface area (Å²) in [5.74, 6) is -0.214. The molecule has 168 valence electrons. The number of methoxy groups -OCH3 is 1. The number of urea groups is 1. The van der Waals surface area contributed by atoms with Crippen LogP contribution in [0.25, 0.3) is 10.9 Å². The number of fused-ring (bicyclic) bond motifs is 1. The molecule has 0 unspecified atom stereocenters. The highest BCUT2D eigenvalue weighted by molar-refractivity contribution is 8.00. The average molecular weight is 475 g/mol. The molecule has 0 aliphatic heterocycles. The van der Waals surface area contributed by atoms with Crippen molar-refractivity contribution in [3.8, 4) is 5.75 Å². The first-order valence-corrected chi connectivity index (χ1v) is 11.4. The molecule has 2 aromatic carbocycles. The fourth-order valence-corrected chi connectivity index (χ4v) is 4.56. The molecule has 0 fully saturated rings. The number of carbonyl (C=O) groups is 2. The third-order valence-electron chi connectivity index (χ3n) is 4.67. The highest BCUT2D eigenvalue weighted by atomic mass is 32.3. The van der Waals surface area contributed by atoms with Crippen LogP contribution in [0, 0.1) is 0 Å². The van der Waals surface area contributed by atoms with E-state index in [9.17, 15) is 18.0 Å². The van der Waals surface area contributed by atoms with Gasteiger partial charge in [-0.2, -0.15) is 12.1 Å². The molecular weight excluding hydrogens is 452 g/mol. The summed E-state index contributed by atoms with van der Waals surface area (Å²) in [6.07, 6.45) is 1.86. The molecule has 9 nitrogen and oxygen atoms in total. The quantitative estimate of drug-likeness (QED) is 0.453. The van der Waals surface area contributed by atoms with Crippen LogP contribution < -0.4 is 15.4 Å². The first-order chi connectivity index (χ1) is 15.3. The standard InChI is InChI=1S/C21H22N4O5S2/c1-22-21(27)25(31)32(28,29)19-11-14(7-8-18(19)30-2)9-10-23-20(26)16-12-15-5-3-4-6-17(15)24-13-16/h3-8,11-13,31H,9-10H2,1-2H3,(H,22,27)(H,23,26). The lowest BCUT2D eigenvalue weighted by Gasteiger charge is -2.18. The Balaban J connectivity index is 1.73. The van der Waals surface area contributed by atoms with Gasteiger partial charge in [0, 0.05) is 25.2 Å². The maximum Gasteiger partial charge on any atom is 0.341 e. The number of ether oxygens (including phenoxy) is 1. The SMILES string of the molecule is CNC(=O)N(S)S(=O)(=O)c1cc(CCNC(=O)c2cnc3ccccc3c2)ccc1OC. The van der Waals surface area contributed by atoms with Crippen molar-refractivity contribution in [3.05, 3.63) is 65.9 Å². The van der Waals surface area contributed by atoms with Crippen LogP contribution in [0.15, 0.2) is 59.6 Å². The summed E-state index contributed by atoms with van der Waals surface area (Å²) >= 11 is 3.80. The van der Waals surface area contributed by atoms with E-state index in [4.69, 9.17) is 4.74 Å². The van der Waals surface area contributed by atoms with E-state index < -0.39 is 16.1 Å². The smallest absolute Gasteiger partial charge is 0.341 e. The van der Waals surface area contributed by atoms with E-state index in [1.165, 1.54) is 32.5 Å². The molecule has 0 bridgehead atoms. The van der Waals surface area contributed by atoms with Gasteiger partial charge in [0.15, 0.2) is 0 Å². The van der Waals surface area contributed by atoms with Crippen LogP contribution in [-0.4, -0.2) is 49.8 Å². The van der Waals surface area contributed by atoms with Crippen molar-refractivity contribution in [2.75, 3.05) is 20.7 Å². The van der Waals surface area contributed by atoms with Crippen LogP contribution in [0.4, 0.5) is 4.79 Å². The molecule has 0 spiro atoms. The van der Waals surface area contributed by atoms with Crippen molar-refractivity contribution in [1.82, 2.24) is 19.3 Å². The van der Waals surface area contributed by atoms with Crippen LogP contribution in [0.1, 0.15) is 15.9 Å². The average Bonchev–Trinajstić information content (AvgIpc) is 2.82. The Kier molecular flexibility index (Phi) is 7.21. The number of hydrogen-bond donors (Lipinski definition) is 3. The fourth-order valence-electron chi connectivity index (χ4n) is 2.99. The van der Waals surface area contributed by atoms with Gasteiger partial charge in [-0.25, -0.2) is 4.79 Å². The predicted octanol–water partition coefficient (Wildman–Crippen LogP) is 2.39. The maximum atomic E-state index is 12.8. The second-order valence-corrected chi connectivity index (χ2v) is 9.14. The number of benzene rings is 2. The predicted molar refractivity (Wildman–Crippen MR) is 123 cm³/mol. The van der Waals surface area contributed by atoms with E-state index in [0.717, 1.165) is 10.9 Å². The van der Waals surface area contributed by atoms with Crippen molar-refractivity contribution in [2.24, 2.45) is 0 Å². The molecule has 1 heterocycles. The van der Waals surface area contributed by atoms with E-state index in [-0.39, 0.29) is 23.1 Å². The molecule has 32 heavy (non-hydrogen) atoms. The van der Waals surface area contributed by atoms with Gasteiger partial charge in [-0.3, -0.25) is 9.78 Å². The molecular formula is C21H22N4O5S2. The van der Waals surface area contributed by atoms with Gasteiger partial charge in [-0.05, 0) is 49.1 Å². The van der Waals surface area contributed by atoms with E-state index in [1.807, 2.05) is 24.3 Å². The largest absolute Gasteiger partial charge is 0.495 e. The number of sulfonamides is 1. The Morgan fingerprint density at radius 3 is 2.62 bits per heavy atom. The number of rotatable bonds is 7. The summed E-state index contributed by atoms with van der Waals surface area (Å²) in [6, 6.07) is 12.9. The second-order valence-electron chi connectivity index (χ2n) is 6.71. The first kappa shape index (κ1) is 23.4. The molecule has 0 aliphatic carbocycles. The van der Waals surface area contributed by atoms with E-state index in [1.54, 1.807) is 12.1 Å². The number of carbonyl (C=O) groups excluding carboxylic acids is 2. The normalized spacial score (nSPS) is 11.1. The molecule has 11 heteroatoms. The van der Waals surface area contributed by atoms with Crippen LogP contribution >= 0.6 is 12.8 Å². The molecule has 0 saturated carbocycles. The first-order valence-electron chi connectivity index (χ1n) is 9.53. The molecule has 3 aromatic rings. The summed E-state index contributed by atoms with van der Waals surface area (Å²) in [6.45, 7) is 0.261. The summed E-state index contributed by atoms with van der Waals surface area (Å²) < 4.78 is 31.0. The number of nitrogens with zero attached hydrogens (tertiary/aromatic N) is 2. The zero-order valence-electron chi connectivity index (χ0n) is 17.4. The molecule has 2 N–H and O–H groups in total. The van der Waals surface area contributed by atoms with Crippen LogP contribution in [0.2, 0.25) is 0 Å². The number of para-hydroxylation sites is 1. The summed E-state index contributed by atoms with van der Waals surface area (Å²) in [4.78, 5) is 28.3. The van der Waals surface area contributed by atoms with Gasteiger partial charge in [0.25, 0.3) is 15.9 Å². The summed E-state index contributed by atoms with van der Waals surface area (Å²) in [5, 5.41) is 5.86. The summed E-state index contributed by atoms with van der Waals surface area (Å²) in [7, 11) is -1.63. The third-order valence-corrected chi connectivity index (χ3v) is 7.00. The Hall–Kier alpha value is -3.31. The Labute approximate surface area is 191 Å². The molecule has 0 saturated heterocycles. The van der Waals surface area contributed by atoms with E-state index in [0.29, 0.717) is 21.3 Å². The van der Waals surface area contributed by atoms with Gasteiger partial charge >= 0.3 is 6.03 Å².